The molecule has 0 amide bonds. The summed E-state index contributed by atoms with van der Waals surface area (Å²) in [5, 5.41) is 3.35. The molecule has 196 valence electrons. The highest BCUT2D eigenvalue weighted by Gasteiger charge is 2.48. The van der Waals surface area contributed by atoms with Gasteiger partial charge in [0.05, 0.1) is 29.1 Å². The van der Waals surface area contributed by atoms with Gasteiger partial charge in [-0.25, -0.2) is 4.98 Å². The van der Waals surface area contributed by atoms with Gasteiger partial charge in [0, 0.05) is 24.6 Å². The lowest BCUT2D eigenvalue weighted by Crippen LogP contribution is -2.39. The van der Waals surface area contributed by atoms with Crippen LogP contribution in [0.1, 0.15) is 24.8 Å². The first-order valence-electron chi connectivity index (χ1n) is 12.8. The van der Waals surface area contributed by atoms with E-state index < -0.39 is 17.2 Å². The Kier molecular flexibility index (Phi) is 6.02. The number of ether oxygens (including phenoxy) is 1. The van der Waals surface area contributed by atoms with Gasteiger partial charge in [0.2, 0.25) is 0 Å². The number of imidazole rings is 1. The number of halogens is 3. The highest BCUT2D eigenvalue weighted by Crippen LogP contribution is 2.43. The Morgan fingerprint density at radius 2 is 1.68 bits per heavy atom. The fourth-order valence-corrected chi connectivity index (χ4v) is 5.53. The fourth-order valence-electron chi connectivity index (χ4n) is 5.53. The van der Waals surface area contributed by atoms with E-state index in [1.54, 1.807) is 7.11 Å². The van der Waals surface area contributed by atoms with Crippen molar-refractivity contribution in [2.24, 2.45) is 11.3 Å². The van der Waals surface area contributed by atoms with Crippen LogP contribution in [0.5, 0.6) is 5.75 Å². The molecule has 38 heavy (non-hydrogen) atoms. The van der Waals surface area contributed by atoms with E-state index in [4.69, 9.17) is 4.74 Å². The molecule has 0 spiro atoms. The molecule has 1 N–H and O–H groups in total. The Hall–Kier alpha value is -3.65. The van der Waals surface area contributed by atoms with E-state index in [0.29, 0.717) is 30.9 Å². The molecule has 1 aliphatic carbocycles. The standard InChI is InChI=1S/C30H28F3N3O2/c1-38-24-11-8-20(9-12-24)19-2-6-22(7-3-19)28-35-25-16-23(30(31,32)33)10-13-26(25)36(28)18-29(14-15-34-17-29)27(37)21-4-5-21/h2-3,6-13,16,21,34H,4-5,14-15,17-18H2,1H3/t29-/m0/s1. The average molecular weight is 520 g/mol. The molecule has 3 aromatic carbocycles. The molecule has 6 rings (SSSR count). The number of hydrogen-bond donors (Lipinski definition) is 1. The van der Waals surface area contributed by atoms with Crippen molar-refractivity contribution in [2.45, 2.75) is 32.0 Å². The van der Waals surface area contributed by atoms with Gasteiger partial charge in [0.25, 0.3) is 0 Å². The van der Waals surface area contributed by atoms with Crippen molar-refractivity contribution in [3.05, 3.63) is 72.3 Å². The normalized spacial score (nSPS) is 19.7. The lowest BCUT2D eigenvalue weighted by molar-refractivity contribution is -0.137. The summed E-state index contributed by atoms with van der Waals surface area (Å²) < 4.78 is 47.7. The number of benzene rings is 3. The number of ketones is 1. The largest absolute Gasteiger partial charge is 0.497 e. The van der Waals surface area contributed by atoms with Crippen molar-refractivity contribution in [1.29, 1.82) is 0 Å². The van der Waals surface area contributed by atoms with Gasteiger partial charge in [-0.15, -0.1) is 0 Å². The Balaban J connectivity index is 1.43. The second-order valence-electron chi connectivity index (χ2n) is 10.4. The number of Topliss-reactive ketones (excluding diaryl/α,β-unsaturated/α-hetero) is 1. The first-order valence-corrected chi connectivity index (χ1v) is 12.8. The maximum atomic E-state index is 13.5. The predicted molar refractivity (Wildman–Crippen MR) is 140 cm³/mol. The van der Waals surface area contributed by atoms with Gasteiger partial charge in [-0.1, -0.05) is 36.4 Å². The first-order chi connectivity index (χ1) is 18.3. The Morgan fingerprint density at radius 1 is 1.03 bits per heavy atom. The van der Waals surface area contributed by atoms with Gasteiger partial charge in [-0.2, -0.15) is 13.2 Å². The van der Waals surface area contributed by atoms with E-state index >= 15 is 0 Å². The zero-order valence-electron chi connectivity index (χ0n) is 21.0. The molecule has 2 aliphatic rings. The predicted octanol–water partition coefficient (Wildman–Crippen LogP) is 6.36. The third kappa shape index (κ3) is 4.47. The van der Waals surface area contributed by atoms with Crippen LogP contribution < -0.4 is 10.1 Å². The molecule has 1 aromatic heterocycles. The van der Waals surface area contributed by atoms with Crippen molar-refractivity contribution in [3.63, 3.8) is 0 Å². The molecule has 4 aromatic rings. The number of nitrogens with zero attached hydrogens (tertiary/aromatic N) is 2. The molecular formula is C30H28F3N3O2. The third-order valence-corrected chi connectivity index (χ3v) is 7.82. The Labute approximate surface area is 218 Å². The van der Waals surface area contributed by atoms with Crippen LogP contribution in [-0.2, 0) is 17.5 Å². The molecule has 1 saturated heterocycles. The number of carbonyl (C=O) groups is 1. The van der Waals surface area contributed by atoms with Crippen molar-refractivity contribution < 1.29 is 22.7 Å². The molecule has 2 heterocycles. The van der Waals surface area contributed by atoms with Crippen molar-refractivity contribution in [1.82, 2.24) is 14.9 Å². The zero-order valence-corrected chi connectivity index (χ0v) is 21.0. The lowest BCUT2D eigenvalue weighted by atomic mass is 9.80. The van der Waals surface area contributed by atoms with E-state index in [1.807, 2.05) is 53.1 Å². The van der Waals surface area contributed by atoms with Gasteiger partial charge in [0.1, 0.15) is 17.4 Å². The first kappa shape index (κ1) is 24.7. The maximum Gasteiger partial charge on any atom is 0.416 e. The molecule has 1 atom stereocenters. The van der Waals surface area contributed by atoms with E-state index in [0.717, 1.165) is 54.0 Å². The van der Waals surface area contributed by atoms with Crippen molar-refractivity contribution >= 4 is 16.8 Å². The molecule has 0 unspecified atom stereocenters. The van der Waals surface area contributed by atoms with E-state index in [9.17, 15) is 18.0 Å². The van der Waals surface area contributed by atoms with Crippen LogP contribution in [0.3, 0.4) is 0 Å². The lowest BCUT2D eigenvalue weighted by Gasteiger charge is -2.28. The van der Waals surface area contributed by atoms with Crippen molar-refractivity contribution in [2.75, 3.05) is 20.2 Å². The van der Waals surface area contributed by atoms with Crippen LogP contribution in [0.2, 0.25) is 0 Å². The summed E-state index contributed by atoms with van der Waals surface area (Å²) in [5.74, 6) is 1.69. The van der Waals surface area contributed by atoms with E-state index in [1.165, 1.54) is 6.07 Å². The van der Waals surface area contributed by atoms with Crippen LogP contribution in [0, 0.1) is 11.3 Å². The van der Waals surface area contributed by atoms with Crippen LogP contribution in [0.25, 0.3) is 33.5 Å². The summed E-state index contributed by atoms with van der Waals surface area (Å²) in [6, 6.07) is 19.2. The minimum absolute atomic E-state index is 0.0914. The number of hydrogen-bond acceptors (Lipinski definition) is 4. The van der Waals surface area contributed by atoms with Gasteiger partial charge in [0.15, 0.2) is 0 Å². The van der Waals surface area contributed by atoms with E-state index in [2.05, 4.69) is 10.3 Å². The molecule has 2 fully saturated rings. The summed E-state index contributed by atoms with van der Waals surface area (Å²) in [6.07, 6.45) is -1.92. The number of alkyl halides is 3. The molecule has 1 saturated carbocycles. The number of methoxy groups -OCH3 is 1. The minimum atomic E-state index is -4.46. The number of aromatic nitrogens is 2. The van der Waals surface area contributed by atoms with Gasteiger partial charge < -0.3 is 14.6 Å². The van der Waals surface area contributed by atoms with Crippen LogP contribution in [0.4, 0.5) is 13.2 Å². The summed E-state index contributed by atoms with van der Waals surface area (Å²) in [6.45, 7) is 1.69. The van der Waals surface area contributed by atoms with Crippen LogP contribution in [-0.4, -0.2) is 35.5 Å². The Morgan fingerprint density at radius 3 is 2.26 bits per heavy atom. The highest BCUT2D eigenvalue weighted by molar-refractivity contribution is 5.90. The van der Waals surface area contributed by atoms with E-state index in [-0.39, 0.29) is 17.2 Å². The third-order valence-electron chi connectivity index (χ3n) is 7.82. The number of rotatable bonds is 7. The second-order valence-corrected chi connectivity index (χ2v) is 10.4. The molecule has 0 bridgehead atoms. The summed E-state index contributed by atoms with van der Waals surface area (Å²) >= 11 is 0. The maximum absolute atomic E-state index is 13.5. The zero-order chi connectivity index (χ0) is 26.5. The molecule has 1 aliphatic heterocycles. The molecule has 5 nitrogen and oxygen atoms in total. The summed E-state index contributed by atoms with van der Waals surface area (Å²) in [4.78, 5) is 18.1. The average Bonchev–Trinajstić information content (AvgIpc) is 3.57. The smallest absolute Gasteiger partial charge is 0.416 e. The van der Waals surface area contributed by atoms with Crippen LogP contribution in [0.15, 0.2) is 66.7 Å². The van der Waals surface area contributed by atoms with Gasteiger partial charge in [-0.3, -0.25) is 4.79 Å². The summed E-state index contributed by atoms with van der Waals surface area (Å²) in [7, 11) is 1.62. The topological polar surface area (TPSA) is 56.2 Å². The number of nitrogens with one attached hydrogen (secondary N) is 1. The minimum Gasteiger partial charge on any atom is -0.497 e. The van der Waals surface area contributed by atoms with Gasteiger partial charge >= 0.3 is 6.18 Å². The Bertz CT molecular complexity index is 1480. The number of fused-ring (bicyclic) bond motifs is 1. The quantitative estimate of drug-likeness (QED) is 0.309. The summed E-state index contributed by atoms with van der Waals surface area (Å²) in [5.41, 5.74) is 2.35. The molecule has 8 heteroatoms. The SMILES string of the molecule is COc1ccc(-c2ccc(-c3nc4cc(C(F)(F)F)ccc4n3C[C@]3(C(=O)C4CC4)CCNC3)cc2)cc1. The number of carbonyl (C=O) groups excluding carboxylic acids is 1. The fraction of sp³-hybridized carbons (Fsp3) is 0.333. The monoisotopic (exact) mass is 519 g/mol. The highest BCUT2D eigenvalue weighted by atomic mass is 19.4. The van der Waals surface area contributed by atoms with Crippen molar-refractivity contribution in [3.8, 4) is 28.3 Å². The van der Waals surface area contributed by atoms with Gasteiger partial charge in [-0.05, 0) is 67.3 Å². The second kappa shape index (κ2) is 9.27. The molecular weight excluding hydrogens is 491 g/mol. The molecule has 0 radical (unpaired) electrons. The van der Waals surface area contributed by atoms with Crippen LogP contribution >= 0.6 is 0 Å².